The molecule has 1 amide bonds. The lowest BCUT2D eigenvalue weighted by molar-refractivity contribution is -0.129. The number of ether oxygens (including phenoxy) is 2. The normalized spacial score (nSPS) is 11.6. The molecule has 0 aromatic heterocycles. The molecule has 0 bridgehead atoms. The number of carbonyl (C=O) groups excluding carboxylic acids is 1. The number of nitrogens with zero attached hydrogens (tertiary/aromatic N) is 1. The van der Waals surface area contributed by atoms with Crippen LogP contribution in [0.5, 0.6) is 5.75 Å². The summed E-state index contributed by atoms with van der Waals surface area (Å²) in [5.74, 6) is 0.702. The van der Waals surface area contributed by atoms with Gasteiger partial charge in [-0.2, -0.15) is 0 Å². The zero-order chi connectivity index (χ0) is 19.8. The maximum Gasteiger partial charge on any atom is 0.256 e. The second-order valence-corrected chi connectivity index (χ2v) is 6.55. The summed E-state index contributed by atoms with van der Waals surface area (Å²) >= 11 is 0. The van der Waals surface area contributed by atoms with E-state index >= 15 is 0 Å². The monoisotopic (exact) mass is 375 g/mol. The predicted molar refractivity (Wildman–Crippen MR) is 111 cm³/mol. The fourth-order valence-electron chi connectivity index (χ4n) is 2.94. The number of benzene rings is 3. The fourth-order valence-corrected chi connectivity index (χ4v) is 2.94. The third-order valence-electron chi connectivity index (χ3n) is 4.50. The third kappa shape index (κ3) is 5.21. The summed E-state index contributed by atoms with van der Waals surface area (Å²) in [6.07, 6.45) is -0.574. The molecular formula is C24H25NO3. The minimum absolute atomic E-state index is 0.0713. The quantitative estimate of drug-likeness (QED) is 0.566. The van der Waals surface area contributed by atoms with E-state index in [-0.39, 0.29) is 5.91 Å². The van der Waals surface area contributed by atoms with E-state index in [0.29, 0.717) is 13.2 Å². The van der Waals surface area contributed by atoms with Crippen molar-refractivity contribution < 1.29 is 14.3 Å². The number of hydrogen-bond donors (Lipinski definition) is 0. The van der Waals surface area contributed by atoms with E-state index in [0.717, 1.165) is 22.6 Å². The van der Waals surface area contributed by atoms with Crippen LogP contribution in [0.25, 0.3) is 0 Å². The first-order valence-electron chi connectivity index (χ1n) is 9.32. The van der Waals surface area contributed by atoms with Gasteiger partial charge in [0.25, 0.3) is 5.91 Å². The molecule has 0 saturated heterocycles. The Morgan fingerprint density at radius 1 is 0.893 bits per heavy atom. The molecular weight excluding hydrogens is 350 g/mol. The van der Waals surface area contributed by atoms with Crippen LogP contribution in [0.1, 0.15) is 18.1 Å². The van der Waals surface area contributed by atoms with Crippen LogP contribution in [0.2, 0.25) is 0 Å². The third-order valence-corrected chi connectivity index (χ3v) is 4.50. The highest BCUT2D eigenvalue weighted by Crippen LogP contribution is 2.20. The summed E-state index contributed by atoms with van der Waals surface area (Å²) in [6.45, 7) is 2.64. The van der Waals surface area contributed by atoms with Gasteiger partial charge in [-0.3, -0.25) is 4.79 Å². The molecule has 3 aromatic rings. The minimum atomic E-state index is -0.574. The number of para-hydroxylation sites is 1. The zero-order valence-corrected chi connectivity index (χ0v) is 16.2. The molecule has 3 aromatic carbocycles. The molecule has 0 radical (unpaired) electrons. The maximum atomic E-state index is 13.2. The van der Waals surface area contributed by atoms with Gasteiger partial charge in [0, 0.05) is 5.69 Å². The average Bonchev–Trinajstić information content (AvgIpc) is 2.76. The van der Waals surface area contributed by atoms with Gasteiger partial charge in [0.2, 0.25) is 0 Å². The molecule has 1 atom stereocenters. The smallest absolute Gasteiger partial charge is 0.256 e. The standard InChI is InChI=1S/C24H25NO3/c1-19(28-18-21-12-9-15-23(16-21)27-2)24(26)25(22-13-7-4-8-14-22)17-20-10-5-3-6-11-20/h3-16,19H,17-18H2,1-2H3. The van der Waals surface area contributed by atoms with Crippen LogP contribution in [-0.2, 0) is 22.7 Å². The first-order valence-corrected chi connectivity index (χ1v) is 9.32. The van der Waals surface area contributed by atoms with Gasteiger partial charge in [-0.25, -0.2) is 0 Å². The summed E-state index contributed by atoms with van der Waals surface area (Å²) in [5, 5.41) is 0. The van der Waals surface area contributed by atoms with Gasteiger partial charge in [-0.1, -0.05) is 60.7 Å². The van der Waals surface area contributed by atoms with Crippen LogP contribution in [0.3, 0.4) is 0 Å². The lowest BCUT2D eigenvalue weighted by atomic mass is 10.1. The summed E-state index contributed by atoms with van der Waals surface area (Å²) in [5.41, 5.74) is 2.89. The largest absolute Gasteiger partial charge is 0.497 e. The molecule has 0 aliphatic carbocycles. The summed E-state index contributed by atoms with van der Waals surface area (Å²) < 4.78 is 11.1. The first kappa shape index (κ1) is 19.6. The second kappa shape index (κ2) is 9.72. The van der Waals surface area contributed by atoms with Crippen LogP contribution >= 0.6 is 0 Å². The van der Waals surface area contributed by atoms with E-state index in [9.17, 15) is 4.79 Å². The average molecular weight is 375 g/mol. The highest BCUT2D eigenvalue weighted by atomic mass is 16.5. The Kier molecular flexibility index (Phi) is 6.82. The highest BCUT2D eigenvalue weighted by molar-refractivity contribution is 5.96. The molecule has 0 spiro atoms. The molecule has 4 nitrogen and oxygen atoms in total. The molecule has 28 heavy (non-hydrogen) atoms. The first-order chi connectivity index (χ1) is 13.7. The SMILES string of the molecule is COc1cccc(COC(C)C(=O)N(Cc2ccccc2)c2ccccc2)c1. The number of rotatable bonds is 8. The van der Waals surface area contributed by atoms with Crippen molar-refractivity contribution in [2.75, 3.05) is 12.0 Å². The van der Waals surface area contributed by atoms with Crippen LogP contribution in [0.15, 0.2) is 84.9 Å². The van der Waals surface area contributed by atoms with Gasteiger partial charge < -0.3 is 14.4 Å². The maximum absolute atomic E-state index is 13.2. The minimum Gasteiger partial charge on any atom is -0.497 e. The fraction of sp³-hybridized carbons (Fsp3) is 0.208. The Bertz CT molecular complexity index is 881. The van der Waals surface area contributed by atoms with Crippen molar-refractivity contribution in [3.8, 4) is 5.75 Å². The molecule has 4 heteroatoms. The van der Waals surface area contributed by atoms with Crippen molar-refractivity contribution in [2.45, 2.75) is 26.2 Å². The van der Waals surface area contributed by atoms with Crippen LogP contribution in [0.4, 0.5) is 5.69 Å². The molecule has 0 aliphatic heterocycles. The van der Waals surface area contributed by atoms with E-state index in [1.165, 1.54) is 0 Å². The summed E-state index contributed by atoms with van der Waals surface area (Å²) in [6, 6.07) is 27.3. The molecule has 0 fully saturated rings. The van der Waals surface area contributed by atoms with Gasteiger partial charge in [0.15, 0.2) is 0 Å². The zero-order valence-electron chi connectivity index (χ0n) is 16.2. The van der Waals surface area contributed by atoms with E-state index in [2.05, 4.69) is 0 Å². The van der Waals surface area contributed by atoms with Crippen molar-refractivity contribution in [3.05, 3.63) is 96.1 Å². The molecule has 0 N–H and O–H groups in total. The van der Waals surface area contributed by atoms with Crippen molar-refractivity contribution in [1.82, 2.24) is 0 Å². The van der Waals surface area contributed by atoms with Crippen molar-refractivity contribution >= 4 is 11.6 Å². The van der Waals surface area contributed by atoms with Crippen LogP contribution in [-0.4, -0.2) is 19.1 Å². The second-order valence-electron chi connectivity index (χ2n) is 6.55. The predicted octanol–water partition coefficient (Wildman–Crippen LogP) is 4.83. The molecule has 144 valence electrons. The molecule has 0 heterocycles. The number of hydrogen-bond acceptors (Lipinski definition) is 3. The Balaban J connectivity index is 1.72. The van der Waals surface area contributed by atoms with Crippen molar-refractivity contribution in [3.63, 3.8) is 0 Å². The van der Waals surface area contributed by atoms with Crippen LogP contribution < -0.4 is 9.64 Å². The molecule has 3 rings (SSSR count). The number of carbonyl (C=O) groups is 1. The summed E-state index contributed by atoms with van der Waals surface area (Å²) in [4.78, 5) is 14.9. The van der Waals surface area contributed by atoms with E-state index in [1.807, 2.05) is 84.9 Å². The number of anilines is 1. The molecule has 0 saturated carbocycles. The molecule has 0 aliphatic rings. The lowest BCUT2D eigenvalue weighted by Gasteiger charge is -2.26. The van der Waals surface area contributed by atoms with Crippen molar-refractivity contribution in [1.29, 1.82) is 0 Å². The van der Waals surface area contributed by atoms with Crippen LogP contribution in [0, 0.1) is 0 Å². The summed E-state index contributed by atoms with van der Waals surface area (Å²) in [7, 11) is 1.63. The Labute approximate surface area is 166 Å². The number of amides is 1. The number of methoxy groups -OCH3 is 1. The Hall–Kier alpha value is -3.11. The van der Waals surface area contributed by atoms with Gasteiger partial charge in [-0.15, -0.1) is 0 Å². The highest BCUT2D eigenvalue weighted by Gasteiger charge is 2.23. The Morgan fingerprint density at radius 2 is 1.54 bits per heavy atom. The van der Waals surface area contributed by atoms with Gasteiger partial charge in [0.1, 0.15) is 11.9 Å². The van der Waals surface area contributed by atoms with E-state index in [4.69, 9.17) is 9.47 Å². The lowest BCUT2D eigenvalue weighted by Crippen LogP contribution is -2.38. The van der Waals surface area contributed by atoms with Gasteiger partial charge in [-0.05, 0) is 42.3 Å². The topological polar surface area (TPSA) is 38.8 Å². The van der Waals surface area contributed by atoms with Crippen molar-refractivity contribution in [2.24, 2.45) is 0 Å². The molecule has 1 unspecified atom stereocenters. The van der Waals surface area contributed by atoms with Gasteiger partial charge >= 0.3 is 0 Å². The van der Waals surface area contributed by atoms with Gasteiger partial charge in [0.05, 0.1) is 20.3 Å². The van der Waals surface area contributed by atoms with E-state index < -0.39 is 6.10 Å². The Morgan fingerprint density at radius 3 is 2.21 bits per heavy atom. The van der Waals surface area contributed by atoms with E-state index in [1.54, 1.807) is 18.9 Å².